The van der Waals surface area contributed by atoms with E-state index >= 15 is 0 Å². The van der Waals surface area contributed by atoms with E-state index in [1.807, 2.05) is 38.1 Å². The summed E-state index contributed by atoms with van der Waals surface area (Å²) in [6.45, 7) is 4.37. The van der Waals surface area contributed by atoms with E-state index in [0.29, 0.717) is 17.3 Å². The van der Waals surface area contributed by atoms with Gasteiger partial charge in [0.2, 0.25) is 0 Å². The Hall–Kier alpha value is -1.81. The number of hydrogen-bond donors (Lipinski definition) is 1. The molecule has 1 aromatic carbocycles. The normalized spacial score (nSPS) is 10.9. The van der Waals surface area contributed by atoms with E-state index in [9.17, 15) is 4.79 Å². The number of carboxylic acid groups (broad SMARTS) is 1. The minimum absolute atomic E-state index is 0.0797. The van der Waals surface area contributed by atoms with Crippen LogP contribution in [0.5, 0.6) is 0 Å². The molecule has 0 saturated carbocycles. The molecule has 1 aromatic heterocycles. The predicted molar refractivity (Wildman–Crippen MR) is 73.8 cm³/mol. The molecule has 0 radical (unpaired) electrons. The number of hydrogen-bond acceptors (Lipinski definition) is 2. The van der Waals surface area contributed by atoms with Gasteiger partial charge in [-0.2, -0.15) is 5.10 Å². The number of aromatic nitrogens is 2. The Morgan fingerprint density at radius 1 is 1.42 bits per heavy atom. The van der Waals surface area contributed by atoms with Crippen LogP contribution in [0.2, 0.25) is 5.02 Å². The highest BCUT2D eigenvalue weighted by Gasteiger charge is 2.19. The molecule has 0 bridgehead atoms. The highest BCUT2D eigenvalue weighted by molar-refractivity contribution is 6.31. The van der Waals surface area contributed by atoms with Crippen LogP contribution in [0, 0.1) is 0 Å². The fourth-order valence-electron chi connectivity index (χ4n) is 2.08. The summed E-state index contributed by atoms with van der Waals surface area (Å²) in [4.78, 5) is 11.2. The third-order valence-corrected chi connectivity index (χ3v) is 3.30. The van der Waals surface area contributed by atoms with Crippen LogP contribution in [-0.4, -0.2) is 20.9 Å². The first-order chi connectivity index (χ1) is 9.00. The molecule has 1 N–H and O–H groups in total. The van der Waals surface area contributed by atoms with Crippen LogP contribution in [0.15, 0.2) is 30.5 Å². The SMILES string of the molecule is CC(C)c1c(C(=O)O)cnn1Cc1ccccc1Cl. The van der Waals surface area contributed by atoms with Crippen molar-refractivity contribution in [3.8, 4) is 0 Å². The van der Waals surface area contributed by atoms with E-state index < -0.39 is 5.97 Å². The molecule has 2 rings (SSSR count). The zero-order valence-corrected chi connectivity index (χ0v) is 11.6. The molecule has 0 unspecified atom stereocenters. The highest BCUT2D eigenvalue weighted by atomic mass is 35.5. The summed E-state index contributed by atoms with van der Waals surface area (Å²) in [7, 11) is 0. The average Bonchev–Trinajstić information content (AvgIpc) is 2.76. The molecule has 100 valence electrons. The number of carboxylic acids is 1. The van der Waals surface area contributed by atoms with Crippen LogP contribution in [0.4, 0.5) is 0 Å². The van der Waals surface area contributed by atoms with Crippen LogP contribution in [0.25, 0.3) is 0 Å². The van der Waals surface area contributed by atoms with Crippen LogP contribution >= 0.6 is 11.6 Å². The number of nitrogens with zero attached hydrogens (tertiary/aromatic N) is 2. The van der Waals surface area contributed by atoms with Gasteiger partial charge in [0.05, 0.1) is 18.4 Å². The van der Waals surface area contributed by atoms with Crippen molar-refractivity contribution < 1.29 is 9.90 Å². The number of halogens is 1. The van der Waals surface area contributed by atoms with Gasteiger partial charge in [-0.25, -0.2) is 4.79 Å². The van der Waals surface area contributed by atoms with Gasteiger partial charge in [-0.05, 0) is 17.5 Å². The van der Waals surface area contributed by atoms with Crippen molar-refractivity contribution >= 4 is 17.6 Å². The highest BCUT2D eigenvalue weighted by Crippen LogP contribution is 2.22. The summed E-state index contributed by atoms with van der Waals surface area (Å²) in [5.41, 5.74) is 1.89. The van der Waals surface area contributed by atoms with Crippen molar-refractivity contribution in [2.75, 3.05) is 0 Å². The molecular formula is C14H15ClN2O2. The molecule has 2 aromatic rings. The van der Waals surface area contributed by atoms with Crippen molar-refractivity contribution in [1.29, 1.82) is 0 Å². The van der Waals surface area contributed by atoms with E-state index in [1.165, 1.54) is 6.20 Å². The Morgan fingerprint density at radius 3 is 2.68 bits per heavy atom. The minimum atomic E-state index is -0.950. The molecule has 0 fully saturated rings. The fraction of sp³-hybridized carbons (Fsp3) is 0.286. The number of carbonyl (C=O) groups is 1. The van der Waals surface area contributed by atoms with Gasteiger partial charge >= 0.3 is 5.97 Å². The molecule has 0 aliphatic rings. The van der Waals surface area contributed by atoms with E-state index in [-0.39, 0.29) is 11.5 Å². The van der Waals surface area contributed by atoms with Gasteiger partial charge in [0.1, 0.15) is 5.56 Å². The zero-order valence-electron chi connectivity index (χ0n) is 10.8. The molecule has 0 aliphatic carbocycles. The second kappa shape index (κ2) is 5.45. The molecular weight excluding hydrogens is 264 g/mol. The zero-order chi connectivity index (χ0) is 14.0. The lowest BCUT2D eigenvalue weighted by Gasteiger charge is -2.12. The quantitative estimate of drug-likeness (QED) is 0.932. The summed E-state index contributed by atoms with van der Waals surface area (Å²) in [6.07, 6.45) is 1.40. The summed E-state index contributed by atoms with van der Waals surface area (Å²) >= 11 is 6.12. The number of aromatic carboxylic acids is 1. The first kappa shape index (κ1) is 13.6. The molecule has 19 heavy (non-hydrogen) atoms. The van der Waals surface area contributed by atoms with Gasteiger partial charge in [-0.3, -0.25) is 4.68 Å². The number of benzene rings is 1. The maximum Gasteiger partial charge on any atom is 0.339 e. The van der Waals surface area contributed by atoms with Crippen LogP contribution in [0.1, 0.15) is 41.4 Å². The number of rotatable bonds is 4. The van der Waals surface area contributed by atoms with Crippen molar-refractivity contribution in [1.82, 2.24) is 9.78 Å². The average molecular weight is 279 g/mol. The maximum atomic E-state index is 11.2. The first-order valence-corrected chi connectivity index (χ1v) is 6.41. The molecule has 4 nitrogen and oxygen atoms in total. The van der Waals surface area contributed by atoms with E-state index in [4.69, 9.17) is 16.7 Å². The van der Waals surface area contributed by atoms with Gasteiger partial charge in [-0.15, -0.1) is 0 Å². The lowest BCUT2D eigenvalue weighted by atomic mass is 10.1. The topological polar surface area (TPSA) is 55.1 Å². The summed E-state index contributed by atoms with van der Waals surface area (Å²) in [5.74, 6) is -0.870. The van der Waals surface area contributed by atoms with E-state index in [2.05, 4.69) is 5.10 Å². The molecule has 0 aliphatic heterocycles. The van der Waals surface area contributed by atoms with Gasteiger partial charge in [0.25, 0.3) is 0 Å². The lowest BCUT2D eigenvalue weighted by Crippen LogP contribution is -2.11. The first-order valence-electron chi connectivity index (χ1n) is 6.03. The van der Waals surface area contributed by atoms with Crippen molar-refractivity contribution in [3.63, 3.8) is 0 Å². The Bertz CT molecular complexity index is 605. The van der Waals surface area contributed by atoms with Gasteiger partial charge < -0.3 is 5.11 Å². The molecule has 0 amide bonds. The van der Waals surface area contributed by atoms with Crippen LogP contribution < -0.4 is 0 Å². The van der Waals surface area contributed by atoms with Gasteiger partial charge in [-0.1, -0.05) is 43.6 Å². The molecule has 0 atom stereocenters. The maximum absolute atomic E-state index is 11.2. The molecule has 0 saturated heterocycles. The van der Waals surface area contributed by atoms with E-state index in [1.54, 1.807) is 4.68 Å². The third kappa shape index (κ3) is 2.79. The second-order valence-electron chi connectivity index (χ2n) is 4.65. The summed E-state index contributed by atoms with van der Waals surface area (Å²) in [6, 6.07) is 7.49. The Kier molecular flexibility index (Phi) is 3.90. The Labute approximate surface area is 116 Å². The third-order valence-electron chi connectivity index (χ3n) is 2.94. The van der Waals surface area contributed by atoms with E-state index in [0.717, 1.165) is 5.56 Å². The van der Waals surface area contributed by atoms with Crippen molar-refractivity contribution in [3.05, 3.63) is 52.3 Å². The van der Waals surface area contributed by atoms with Gasteiger partial charge in [0.15, 0.2) is 0 Å². The summed E-state index contributed by atoms with van der Waals surface area (Å²) in [5, 5.41) is 14.0. The Balaban J connectivity index is 2.41. The van der Waals surface area contributed by atoms with Crippen molar-refractivity contribution in [2.45, 2.75) is 26.3 Å². The van der Waals surface area contributed by atoms with Crippen LogP contribution in [-0.2, 0) is 6.54 Å². The smallest absolute Gasteiger partial charge is 0.339 e. The fourth-order valence-corrected chi connectivity index (χ4v) is 2.28. The van der Waals surface area contributed by atoms with Gasteiger partial charge in [0, 0.05) is 5.02 Å². The monoisotopic (exact) mass is 278 g/mol. The van der Waals surface area contributed by atoms with Crippen molar-refractivity contribution in [2.24, 2.45) is 0 Å². The summed E-state index contributed by atoms with van der Waals surface area (Å²) < 4.78 is 1.70. The molecule has 5 heteroatoms. The molecule has 1 heterocycles. The molecule has 0 spiro atoms. The predicted octanol–water partition coefficient (Wildman–Crippen LogP) is 3.41. The minimum Gasteiger partial charge on any atom is -0.478 e. The Morgan fingerprint density at radius 2 is 2.11 bits per heavy atom. The standard InChI is InChI=1S/C14H15ClN2O2/c1-9(2)13-11(14(18)19)7-16-17(13)8-10-5-3-4-6-12(10)15/h3-7,9H,8H2,1-2H3,(H,18,19). The largest absolute Gasteiger partial charge is 0.478 e. The van der Waals surface area contributed by atoms with Crippen LogP contribution in [0.3, 0.4) is 0 Å². The lowest BCUT2D eigenvalue weighted by molar-refractivity contribution is 0.0695. The second-order valence-corrected chi connectivity index (χ2v) is 5.06.